The fraction of sp³-hybridized carbons (Fsp3) is 0.412. The summed E-state index contributed by atoms with van der Waals surface area (Å²) in [6, 6.07) is 9.02. The molecule has 132 valence electrons. The number of ether oxygens (including phenoxy) is 3. The monoisotopic (exact) mass is 337 g/mol. The van der Waals surface area contributed by atoms with E-state index in [4.69, 9.17) is 14.2 Å². The second kappa shape index (κ2) is 11.1. The van der Waals surface area contributed by atoms with E-state index in [0.717, 1.165) is 0 Å². The molecule has 0 spiro atoms. The second-order valence-corrected chi connectivity index (χ2v) is 5.03. The maximum Gasteiger partial charge on any atom is 0.407 e. The number of carbonyl (C=O) groups is 2. The zero-order chi connectivity index (χ0) is 17.8. The summed E-state index contributed by atoms with van der Waals surface area (Å²) < 4.78 is 15.3. The van der Waals surface area contributed by atoms with Gasteiger partial charge in [-0.15, -0.1) is 0 Å². The van der Waals surface area contributed by atoms with Crippen LogP contribution in [0.4, 0.5) is 4.79 Å². The number of hydrogen-bond acceptors (Lipinski definition) is 6. The van der Waals surface area contributed by atoms with Gasteiger partial charge in [0.25, 0.3) is 0 Å². The van der Waals surface area contributed by atoms with E-state index < -0.39 is 18.2 Å². The molecule has 0 aliphatic rings. The number of amides is 1. The molecule has 0 aliphatic carbocycles. The summed E-state index contributed by atoms with van der Waals surface area (Å²) in [5.74, 6) is 0.162. The van der Waals surface area contributed by atoms with Crippen LogP contribution in [-0.2, 0) is 14.3 Å². The Bertz CT molecular complexity index is 531. The molecule has 7 heteroatoms. The first-order valence-corrected chi connectivity index (χ1v) is 7.58. The van der Waals surface area contributed by atoms with Crippen LogP contribution in [-0.4, -0.2) is 49.6 Å². The van der Waals surface area contributed by atoms with Crippen LogP contribution in [0.5, 0.6) is 5.75 Å². The minimum absolute atomic E-state index is 0.0458. The van der Waals surface area contributed by atoms with Crippen molar-refractivity contribution in [1.82, 2.24) is 5.32 Å². The molecule has 0 heterocycles. The molecule has 1 atom stereocenters. The van der Waals surface area contributed by atoms with Crippen LogP contribution in [0.3, 0.4) is 0 Å². The fourth-order valence-electron chi connectivity index (χ4n) is 1.57. The molecule has 7 nitrogen and oxygen atoms in total. The number of esters is 1. The van der Waals surface area contributed by atoms with Crippen LogP contribution >= 0.6 is 0 Å². The lowest BCUT2D eigenvalue weighted by Gasteiger charge is -2.16. The number of para-hydroxylation sites is 1. The number of aliphatic hydroxyl groups excluding tert-OH is 1. The first kappa shape index (κ1) is 19.5. The summed E-state index contributed by atoms with van der Waals surface area (Å²) in [6.45, 7) is 5.17. The lowest BCUT2D eigenvalue weighted by atomic mass is 10.3. The summed E-state index contributed by atoms with van der Waals surface area (Å²) in [5, 5.41) is 11.7. The average Bonchev–Trinajstić information content (AvgIpc) is 2.58. The summed E-state index contributed by atoms with van der Waals surface area (Å²) in [5.41, 5.74) is 0.326. The van der Waals surface area contributed by atoms with Crippen molar-refractivity contribution in [1.29, 1.82) is 0 Å². The van der Waals surface area contributed by atoms with Crippen molar-refractivity contribution >= 4 is 12.1 Å². The van der Waals surface area contributed by atoms with Crippen molar-refractivity contribution in [3.05, 3.63) is 42.5 Å². The van der Waals surface area contributed by atoms with E-state index in [0.29, 0.717) is 17.7 Å². The Hall–Kier alpha value is -2.54. The summed E-state index contributed by atoms with van der Waals surface area (Å²) in [7, 11) is 0. The first-order chi connectivity index (χ1) is 11.5. The van der Waals surface area contributed by atoms with Crippen LogP contribution in [0.2, 0.25) is 0 Å². The van der Waals surface area contributed by atoms with Gasteiger partial charge in [-0.25, -0.2) is 9.59 Å². The Labute approximate surface area is 141 Å². The Kier molecular flexibility index (Phi) is 8.99. The predicted molar refractivity (Wildman–Crippen MR) is 87.7 cm³/mol. The number of hydrogen-bond donors (Lipinski definition) is 2. The minimum Gasteiger partial charge on any atom is -0.490 e. The van der Waals surface area contributed by atoms with Gasteiger partial charge in [0.15, 0.2) is 6.10 Å². The molecular formula is C17H23NO6. The molecule has 0 fully saturated rings. The molecular weight excluding hydrogens is 314 g/mol. The number of rotatable bonds is 10. The van der Waals surface area contributed by atoms with E-state index in [1.54, 1.807) is 19.1 Å². The van der Waals surface area contributed by atoms with Crippen LogP contribution in [0.25, 0.3) is 0 Å². The summed E-state index contributed by atoms with van der Waals surface area (Å²) in [6.07, 6.45) is -0.998. The SMILES string of the molecule is C=C(C)C(=O)OCCCNC(=O)OC(CO)COc1ccccc1. The fourth-order valence-corrected chi connectivity index (χ4v) is 1.57. The number of benzene rings is 1. The molecule has 24 heavy (non-hydrogen) atoms. The molecule has 1 aromatic rings. The zero-order valence-electron chi connectivity index (χ0n) is 13.7. The van der Waals surface area contributed by atoms with Gasteiger partial charge in [0, 0.05) is 12.1 Å². The van der Waals surface area contributed by atoms with Gasteiger partial charge in [-0.05, 0) is 25.5 Å². The third kappa shape index (κ3) is 8.19. The summed E-state index contributed by atoms with van der Waals surface area (Å²) in [4.78, 5) is 22.7. The number of nitrogens with one attached hydrogen (secondary N) is 1. The molecule has 1 aromatic carbocycles. The topological polar surface area (TPSA) is 94.1 Å². The van der Waals surface area contributed by atoms with Gasteiger partial charge in [0.1, 0.15) is 12.4 Å². The highest BCUT2D eigenvalue weighted by atomic mass is 16.6. The highest BCUT2D eigenvalue weighted by Crippen LogP contribution is 2.09. The number of carbonyl (C=O) groups excluding carboxylic acids is 2. The lowest BCUT2D eigenvalue weighted by Crippen LogP contribution is -2.35. The van der Waals surface area contributed by atoms with E-state index in [-0.39, 0.29) is 26.4 Å². The van der Waals surface area contributed by atoms with Crippen molar-refractivity contribution in [2.24, 2.45) is 0 Å². The van der Waals surface area contributed by atoms with Gasteiger partial charge in [-0.3, -0.25) is 0 Å². The van der Waals surface area contributed by atoms with Gasteiger partial charge < -0.3 is 24.6 Å². The van der Waals surface area contributed by atoms with E-state index in [1.807, 2.05) is 18.2 Å². The highest BCUT2D eigenvalue weighted by Gasteiger charge is 2.14. The molecule has 0 saturated carbocycles. The van der Waals surface area contributed by atoms with Gasteiger partial charge in [0.2, 0.25) is 0 Å². The number of aliphatic hydroxyl groups is 1. The Morgan fingerprint density at radius 2 is 2.00 bits per heavy atom. The van der Waals surface area contributed by atoms with Crippen LogP contribution in [0.15, 0.2) is 42.5 Å². The molecule has 1 unspecified atom stereocenters. The third-order valence-electron chi connectivity index (χ3n) is 2.83. The minimum atomic E-state index is -0.772. The smallest absolute Gasteiger partial charge is 0.407 e. The zero-order valence-corrected chi connectivity index (χ0v) is 13.7. The highest BCUT2D eigenvalue weighted by molar-refractivity contribution is 5.86. The van der Waals surface area contributed by atoms with Crippen LogP contribution < -0.4 is 10.1 Å². The molecule has 2 N–H and O–H groups in total. The van der Waals surface area contributed by atoms with Gasteiger partial charge in [0.05, 0.1) is 13.2 Å². The van der Waals surface area contributed by atoms with Crippen molar-refractivity contribution < 1.29 is 28.9 Å². The van der Waals surface area contributed by atoms with Crippen molar-refractivity contribution in [2.75, 3.05) is 26.4 Å². The maximum absolute atomic E-state index is 11.6. The van der Waals surface area contributed by atoms with Gasteiger partial charge in [-0.1, -0.05) is 24.8 Å². The standard InChI is InChI=1S/C17H23NO6/c1-13(2)16(20)22-10-6-9-18-17(21)24-15(11-19)12-23-14-7-4-3-5-8-14/h3-5,7-8,15,19H,1,6,9-12H2,2H3,(H,18,21). The molecule has 0 saturated heterocycles. The van der Waals surface area contributed by atoms with E-state index >= 15 is 0 Å². The van der Waals surface area contributed by atoms with E-state index in [2.05, 4.69) is 11.9 Å². The van der Waals surface area contributed by atoms with E-state index in [9.17, 15) is 14.7 Å². The van der Waals surface area contributed by atoms with Crippen LogP contribution in [0, 0.1) is 0 Å². The molecule has 1 rings (SSSR count). The molecule has 0 aliphatic heterocycles. The molecule has 0 aromatic heterocycles. The maximum atomic E-state index is 11.6. The lowest BCUT2D eigenvalue weighted by molar-refractivity contribution is -0.138. The second-order valence-electron chi connectivity index (χ2n) is 5.03. The van der Waals surface area contributed by atoms with E-state index in [1.165, 1.54) is 0 Å². The quantitative estimate of drug-likeness (QED) is 0.383. The van der Waals surface area contributed by atoms with Crippen molar-refractivity contribution in [3.8, 4) is 5.75 Å². The third-order valence-corrected chi connectivity index (χ3v) is 2.83. The Morgan fingerprint density at radius 1 is 1.29 bits per heavy atom. The Morgan fingerprint density at radius 3 is 2.62 bits per heavy atom. The van der Waals surface area contributed by atoms with Gasteiger partial charge in [-0.2, -0.15) is 0 Å². The summed E-state index contributed by atoms with van der Waals surface area (Å²) >= 11 is 0. The molecule has 0 bridgehead atoms. The largest absolute Gasteiger partial charge is 0.490 e. The van der Waals surface area contributed by atoms with Crippen molar-refractivity contribution in [3.63, 3.8) is 0 Å². The molecule has 0 radical (unpaired) electrons. The number of alkyl carbamates (subject to hydrolysis) is 1. The predicted octanol–water partition coefficient (Wildman–Crippen LogP) is 1.66. The molecule has 1 amide bonds. The van der Waals surface area contributed by atoms with Crippen LogP contribution in [0.1, 0.15) is 13.3 Å². The Balaban J connectivity index is 2.17. The average molecular weight is 337 g/mol. The van der Waals surface area contributed by atoms with Gasteiger partial charge >= 0.3 is 12.1 Å². The normalized spacial score (nSPS) is 11.2. The first-order valence-electron chi connectivity index (χ1n) is 7.58. The van der Waals surface area contributed by atoms with Crippen molar-refractivity contribution in [2.45, 2.75) is 19.4 Å².